The molecule has 4 aromatic rings. The molecule has 4 aromatic carbocycles. The number of carbonyl (C=O) groups is 2. The molecule has 0 bridgehead atoms. The van der Waals surface area contributed by atoms with Crippen molar-refractivity contribution in [2.45, 2.75) is 62.6 Å². The summed E-state index contributed by atoms with van der Waals surface area (Å²) in [7, 11) is -4.19. The molecule has 1 N–H and O–H groups in total. The van der Waals surface area contributed by atoms with E-state index in [1.165, 1.54) is 17.0 Å². The van der Waals surface area contributed by atoms with Gasteiger partial charge in [-0.15, -0.1) is 0 Å². The van der Waals surface area contributed by atoms with Gasteiger partial charge < -0.3 is 10.2 Å². The van der Waals surface area contributed by atoms with E-state index in [0.717, 1.165) is 45.6 Å². The highest BCUT2D eigenvalue weighted by molar-refractivity contribution is 9.10. The molecule has 47 heavy (non-hydrogen) atoms. The Morgan fingerprint density at radius 3 is 2.17 bits per heavy atom. The molecule has 11 heteroatoms. The summed E-state index contributed by atoms with van der Waals surface area (Å²) < 4.78 is 30.2. The number of benzene rings is 4. The van der Waals surface area contributed by atoms with Gasteiger partial charge in [-0.3, -0.25) is 13.9 Å². The molecule has 1 fully saturated rings. The van der Waals surface area contributed by atoms with Crippen LogP contribution < -0.4 is 9.62 Å². The number of amides is 2. The van der Waals surface area contributed by atoms with Gasteiger partial charge in [0.2, 0.25) is 11.8 Å². The van der Waals surface area contributed by atoms with E-state index in [9.17, 15) is 18.0 Å². The summed E-state index contributed by atoms with van der Waals surface area (Å²) in [5.41, 5.74) is 2.73. The van der Waals surface area contributed by atoms with Crippen molar-refractivity contribution in [2.24, 2.45) is 0 Å². The van der Waals surface area contributed by atoms with Gasteiger partial charge in [-0.05, 0) is 79.4 Å². The minimum absolute atomic E-state index is 0.00403. The van der Waals surface area contributed by atoms with E-state index in [-0.39, 0.29) is 29.8 Å². The number of aryl methyl sites for hydroxylation is 1. The van der Waals surface area contributed by atoms with E-state index in [2.05, 4.69) is 21.2 Å². The molecule has 0 aromatic heterocycles. The lowest BCUT2D eigenvalue weighted by Crippen LogP contribution is -2.54. The van der Waals surface area contributed by atoms with Crippen molar-refractivity contribution in [3.05, 3.63) is 128 Å². The third-order valence-electron chi connectivity index (χ3n) is 8.31. The fraction of sp³-hybridized carbons (Fsp3) is 0.278. The number of rotatable bonds is 12. The van der Waals surface area contributed by atoms with Gasteiger partial charge in [-0.25, -0.2) is 8.42 Å². The Kier molecular flexibility index (Phi) is 11.7. The lowest BCUT2D eigenvalue weighted by Gasteiger charge is -2.34. The van der Waals surface area contributed by atoms with E-state index in [1.807, 2.05) is 37.3 Å². The second kappa shape index (κ2) is 15.7. The minimum Gasteiger partial charge on any atom is -0.352 e. The van der Waals surface area contributed by atoms with Crippen LogP contribution in [-0.4, -0.2) is 43.8 Å². The van der Waals surface area contributed by atoms with Crippen LogP contribution in [0, 0.1) is 6.92 Å². The van der Waals surface area contributed by atoms with Crippen molar-refractivity contribution in [3.8, 4) is 0 Å². The largest absolute Gasteiger partial charge is 0.352 e. The third-order valence-corrected chi connectivity index (χ3v) is 11.4. The van der Waals surface area contributed by atoms with Crippen LogP contribution in [0.15, 0.2) is 106 Å². The van der Waals surface area contributed by atoms with Crippen LogP contribution in [0.4, 0.5) is 5.69 Å². The standard InChI is InChI=1S/C36H36BrCl2N3O4S/c1-25-11-18-31(19-12-25)47(45,46)42(30-16-14-28(37)15-17-30)24-35(43)41(23-27-13-20-32(38)33(39)21-27)34(22-26-7-3-2-4-8-26)36(44)40-29-9-5-6-10-29/h2-4,7-8,11-21,29,34H,5-6,9-10,22-24H2,1H3,(H,40,44)/t34-/m0/s1. The lowest BCUT2D eigenvalue weighted by molar-refractivity contribution is -0.140. The number of nitrogens with one attached hydrogen (secondary N) is 1. The first-order chi connectivity index (χ1) is 22.5. The summed E-state index contributed by atoms with van der Waals surface area (Å²) in [5, 5.41) is 3.85. The van der Waals surface area contributed by atoms with Gasteiger partial charge in [0.05, 0.1) is 20.6 Å². The highest BCUT2D eigenvalue weighted by Gasteiger charge is 2.35. The number of nitrogens with zero attached hydrogens (tertiary/aromatic N) is 2. The lowest BCUT2D eigenvalue weighted by atomic mass is 10.0. The van der Waals surface area contributed by atoms with Gasteiger partial charge in [-0.2, -0.15) is 0 Å². The normalized spacial score (nSPS) is 14.0. The molecule has 5 rings (SSSR count). The Labute approximate surface area is 295 Å². The van der Waals surface area contributed by atoms with Crippen LogP contribution in [0.25, 0.3) is 0 Å². The molecular weight excluding hydrogens is 721 g/mol. The van der Waals surface area contributed by atoms with Crippen molar-refractivity contribution in [3.63, 3.8) is 0 Å². The van der Waals surface area contributed by atoms with Crippen LogP contribution in [0.2, 0.25) is 10.0 Å². The molecule has 2 amide bonds. The van der Waals surface area contributed by atoms with Crippen LogP contribution >= 0.6 is 39.1 Å². The third kappa shape index (κ3) is 8.96. The molecule has 1 saturated carbocycles. The molecule has 0 spiro atoms. The van der Waals surface area contributed by atoms with Gasteiger partial charge >= 0.3 is 0 Å². The quantitative estimate of drug-likeness (QED) is 0.159. The fourth-order valence-electron chi connectivity index (χ4n) is 5.73. The highest BCUT2D eigenvalue weighted by Crippen LogP contribution is 2.28. The summed E-state index contributed by atoms with van der Waals surface area (Å²) in [6.45, 7) is 1.34. The maximum Gasteiger partial charge on any atom is 0.264 e. The van der Waals surface area contributed by atoms with Gasteiger partial charge in [0.1, 0.15) is 12.6 Å². The summed E-state index contributed by atoms with van der Waals surface area (Å²) in [6, 6.07) is 26.8. The van der Waals surface area contributed by atoms with Crippen LogP contribution in [0.3, 0.4) is 0 Å². The number of carbonyl (C=O) groups excluding carboxylic acids is 2. The Hall–Kier alpha value is -3.37. The van der Waals surface area contributed by atoms with Crippen molar-refractivity contribution < 1.29 is 18.0 Å². The average molecular weight is 758 g/mol. The number of anilines is 1. The summed E-state index contributed by atoms with van der Waals surface area (Å²) in [4.78, 5) is 30.3. The molecule has 1 aliphatic rings. The van der Waals surface area contributed by atoms with Crippen molar-refractivity contribution in [1.29, 1.82) is 0 Å². The van der Waals surface area contributed by atoms with Crippen molar-refractivity contribution >= 4 is 66.7 Å². The molecule has 246 valence electrons. The van der Waals surface area contributed by atoms with Crippen molar-refractivity contribution in [1.82, 2.24) is 10.2 Å². The second-order valence-electron chi connectivity index (χ2n) is 11.8. The number of hydrogen-bond donors (Lipinski definition) is 1. The predicted octanol–water partition coefficient (Wildman–Crippen LogP) is 7.96. The molecule has 0 saturated heterocycles. The zero-order valence-corrected chi connectivity index (χ0v) is 29.8. The number of sulfonamides is 1. The van der Waals surface area contributed by atoms with E-state index in [4.69, 9.17) is 23.2 Å². The number of halogens is 3. The van der Waals surface area contributed by atoms with Gasteiger partial charge in [0.25, 0.3) is 10.0 Å². The molecule has 1 aliphatic carbocycles. The highest BCUT2D eigenvalue weighted by atomic mass is 79.9. The second-order valence-corrected chi connectivity index (χ2v) is 15.4. The minimum atomic E-state index is -4.19. The monoisotopic (exact) mass is 755 g/mol. The Bertz CT molecular complexity index is 1800. The molecule has 1 atom stereocenters. The molecular formula is C36H36BrCl2N3O4S. The molecule has 0 heterocycles. The molecule has 7 nitrogen and oxygen atoms in total. The summed E-state index contributed by atoms with van der Waals surface area (Å²) in [5.74, 6) is -0.831. The van der Waals surface area contributed by atoms with Crippen molar-refractivity contribution in [2.75, 3.05) is 10.8 Å². The predicted molar refractivity (Wildman–Crippen MR) is 191 cm³/mol. The maximum atomic E-state index is 14.6. The SMILES string of the molecule is Cc1ccc(S(=O)(=O)N(CC(=O)N(Cc2ccc(Cl)c(Cl)c2)[C@@H](Cc2ccccc2)C(=O)NC2CCCC2)c2ccc(Br)cc2)cc1. The molecule has 0 aliphatic heterocycles. The van der Waals surface area contributed by atoms with Crippen LogP contribution in [0.5, 0.6) is 0 Å². The first-order valence-electron chi connectivity index (χ1n) is 15.4. The van der Waals surface area contributed by atoms with E-state index in [1.54, 1.807) is 54.6 Å². The Morgan fingerprint density at radius 1 is 0.872 bits per heavy atom. The fourth-order valence-corrected chi connectivity index (χ4v) is 7.73. The Balaban J connectivity index is 1.57. The topological polar surface area (TPSA) is 86.8 Å². The zero-order valence-electron chi connectivity index (χ0n) is 25.9. The van der Waals surface area contributed by atoms with E-state index >= 15 is 0 Å². The first kappa shape index (κ1) is 35.0. The summed E-state index contributed by atoms with van der Waals surface area (Å²) in [6.07, 6.45) is 4.03. The van der Waals surface area contributed by atoms with Gasteiger partial charge in [0, 0.05) is 23.5 Å². The smallest absolute Gasteiger partial charge is 0.264 e. The first-order valence-corrected chi connectivity index (χ1v) is 18.4. The van der Waals surface area contributed by atoms with Crippen LogP contribution in [0.1, 0.15) is 42.4 Å². The van der Waals surface area contributed by atoms with Gasteiger partial charge in [-0.1, -0.05) is 106 Å². The summed E-state index contributed by atoms with van der Waals surface area (Å²) >= 11 is 16.0. The van der Waals surface area contributed by atoms with E-state index < -0.39 is 28.5 Å². The number of hydrogen-bond acceptors (Lipinski definition) is 4. The van der Waals surface area contributed by atoms with E-state index in [0.29, 0.717) is 21.3 Å². The van der Waals surface area contributed by atoms with Crippen LogP contribution in [-0.2, 0) is 32.6 Å². The zero-order chi connectivity index (χ0) is 33.6. The molecule has 0 radical (unpaired) electrons. The van der Waals surface area contributed by atoms with Gasteiger partial charge in [0.15, 0.2) is 0 Å². The average Bonchev–Trinajstić information content (AvgIpc) is 3.57. The maximum absolute atomic E-state index is 14.6. The Morgan fingerprint density at radius 2 is 1.53 bits per heavy atom. The molecule has 0 unspecified atom stereocenters.